The number of nitrogens with zero attached hydrogens (tertiary/aromatic N) is 1. The monoisotopic (exact) mass is 172 g/mol. The number of likely N-dealkylation sites (tertiary alicyclic amines) is 1. The highest BCUT2D eigenvalue weighted by Gasteiger charge is 2.22. The van der Waals surface area contributed by atoms with Gasteiger partial charge in [0.2, 0.25) is 5.91 Å². The minimum atomic E-state index is 0.0496. The molecule has 1 atom stereocenters. The number of hydrogen-bond donors (Lipinski definition) is 2. The molecule has 1 saturated heterocycles. The molecule has 0 bridgehead atoms. The highest BCUT2D eigenvalue weighted by molar-refractivity contribution is 5.77. The SMILES string of the molecule is CNC(=O)CN1CCC(CO)C1. The van der Waals surface area contributed by atoms with Crippen molar-refractivity contribution in [1.82, 2.24) is 10.2 Å². The Kier molecular flexibility index (Phi) is 3.49. The fourth-order valence-corrected chi connectivity index (χ4v) is 1.49. The predicted molar refractivity (Wildman–Crippen MR) is 45.7 cm³/mol. The summed E-state index contributed by atoms with van der Waals surface area (Å²) in [5.41, 5.74) is 0. The van der Waals surface area contributed by atoms with E-state index >= 15 is 0 Å². The number of amides is 1. The summed E-state index contributed by atoms with van der Waals surface area (Å²) in [5.74, 6) is 0.420. The second-order valence-electron chi connectivity index (χ2n) is 3.25. The Hall–Kier alpha value is -0.610. The summed E-state index contributed by atoms with van der Waals surface area (Å²) in [6.07, 6.45) is 1.01. The van der Waals surface area contributed by atoms with Crippen LogP contribution in [-0.2, 0) is 4.79 Å². The fourth-order valence-electron chi connectivity index (χ4n) is 1.49. The van der Waals surface area contributed by atoms with E-state index in [-0.39, 0.29) is 12.5 Å². The Bertz CT molecular complexity index is 161. The number of likely N-dealkylation sites (N-methyl/N-ethyl adjacent to an activating group) is 1. The van der Waals surface area contributed by atoms with Crippen molar-refractivity contribution in [2.45, 2.75) is 6.42 Å². The van der Waals surface area contributed by atoms with E-state index in [2.05, 4.69) is 10.2 Å². The van der Waals surface area contributed by atoms with E-state index in [1.165, 1.54) is 0 Å². The van der Waals surface area contributed by atoms with Gasteiger partial charge in [0.1, 0.15) is 0 Å². The summed E-state index contributed by atoms with van der Waals surface area (Å²) in [6.45, 7) is 2.49. The van der Waals surface area contributed by atoms with E-state index < -0.39 is 0 Å². The number of rotatable bonds is 3. The third kappa shape index (κ3) is 2.46. The lowest BCUT2D eigenvalue weighted by molar-refractivity contribution is -0.121. The molecule has 1 heterocycles. The van der Waals surface area contributed by atoms with Gasteiger partial charge in [-0.1, -0.05) is 0 Å². The zero-order valence-corrected chi connectivity index (χ0v) is 7.42. The molecule has 0 aromatic heterocycles. The quantitative estimate of drug-likeness (QED) is 0.577. The van der Waals surface area contributed by atoms with Crippen molar-refractivity contribution in [3.8, 4) is 0 Å². The van der Waals surface area contributed by atoms with Gasteiger partial charge in [-0.05, 0) is 18.9 Å². The van der Waals surface area contributed by atoms with Gasteiger partial charge >= 0.3 is 0 Å². The van der Waals surface area contributed by atoms with Crippen LogP contribution < -0.4 is 5.32 Å². The molecule has 0 aliphatic carbocycles. The normalized spacial score (nSPS) is 24.3. The summed E-state index contributed by atoms with van der Waals surface area (Å²) < 4.78 is 0. The second kappa shape index (κ2) is 4.42. The average molecular weight is 172 g/mol. The molecule has 1 unspecified atom stereocenters. The van der Waals surface area contributed by atoms with Crippen LogP contribution in [0.25, 0.3) is 0 Å². The molecule has 0 aromatic carbocycles. The first-order valence-electron chi connectivity index (χ1n) is 4.30. The molecule has 4 nitrogen and oxygen atoms in total. The molecule has 0 radical (unpaired) electrons. The molecule has 1 aliphatic rings. The zero-order valence-electron chi connectivity index (χ0n) is 7.42. The van der Waals surface area contributed by atoms with Gasteiger partial charge in [-0.15, -0.1) is 0 Å². The summed E-state index contributed by atoms with van der Waals surface area (Å²) in [6, 6.07) is 0. The van der Waals surface area contributed by atoms with Crippen LogP contribution in [0.2, 0.25) is 0 Å². The second-order valence-corrected chi connectivity index (χ2v) is 3.25. The van der Waals surface area contributed by atoms with Gasteiger partial charge < -0.3 is 10.4 Å². The van der Waals surface area contributed by atoms with Crippen molar-refractivity contribution >= 4 is 5.91 Å². The summed E-state index contributed by atoms with van der Waals surface area (Å²) >= 11 is 0. The minimum Gasteiger partial charge on any atom is -0.396 e. The van der Waals surface area contributed by atoms with Crippen LogP contribution >= 0.6 is 0 Å². The maximum atomic E-state index is 10.9. The molecule has 4 heteroatoms. The Balaban J connectivity index is 2.23. The Morgan fingerprint density at radius 3 is 3.00 bits per heavy atom. The Morgan fingerprint density at radius 2 is 2.50 bits per heavy atom. The molecule has 1 fully saturated rings. The fraction of sp³-hybridized carbons (Fsp3) is 0.875. The van der Waals surface area contributed by atoms with Crippen molar-refractivity contribution in [2.24, 2.45) is 5.92 Å². The number of hydrogen-bond acceptors (Lipinski definition) is 3. The van der Waals surface area contributed by atoms with E-state index in [0.717, 1.165) is 19.5 Å². The highest BCUT2D eigenvalue weighted by atomic mass is 16.3. The van der Waals surface area contributed by atoms with E-state index in [4.69, 9.17) is 5.11 Å². The zero-order chi connectivity index (χ0) is 8.97. The largest absolute Gasteiger partial charge is 0.396 e. The van der Waals surface area contributed by atoms with Crippen LogP contribution in [0.5, 0.6) is 0 Å². The molecule has 1 aliphatic heterocycles. The summed E-state index contributed by atoms with van der Waals surface area (Å²) in [7, 11) is 1.64. The van der Waals surface area contributed by atoms with E-state index in [0.29, 0.717) is 12.5 Å². The van der Waals surface area contributed by atoms with Crippen LogP contribution in [0.1, 0.15) is 6.42 Å². The third-order valence-corrected chi connectivity index (χ3v) is 2.27. The molecule has 0 spiro atoms. The van der Waals surface area contributed by atoms with Crippen LogP contribution in [0, 0.1) is 5.92 Å². The van der Waals surface area contributed by atoms with Gasteiger partial charge in [-0.25, -0.2) is 0 Å². The van der Waals surface area contributed by atoms with Crippen molar-refractivity contribution < 1.29 is 9.90 Å². The van der Waals surface area contributed by atoms with Crippen molar-refractivity contribution in [3.05, 3.63) is 0 Å². The number of aliphatic hydroxyl groups is 1. The van der Waals surface area contributed by atoms with E-state index in [1.54, 1.807) is 7.05 Å². The smallest absolute Gasteiger partial charge is 0.233 e. The molecule has 0 aromatic rings. The van der Waals surface area contributed by atoms with Crippen molar-refractivity contribution in [1.29, 1.82) is 0 Å². The summed E-state index contributed by atoms with van der Waals surface area (Å²) in [5, 5.41) is 11.4. The molecule has 12 heavy (non-hydrogen) atoms. The minimum absolute atomic E-state index is 0.0496. The third-order valence-electron chi connectivity index (χ3n) is 2.27. The molecule has 70 valence electrons. The van der Waals surface area contributed by atoms with Gasteiger partial charge in [-0.3, -0.25) is 9.69 Å². The Labute approximate surface area is 72.6 Å². The Morgan fingerprint density at radius 1 is 1.75 bits per heavy atom. The van der Waals surface area contributed by atoms with Crippen molar-refractivity contribution in [2.75, 3.05) is 33.3 Å². The van der Waals surface area contributed by atoms with Gasteiger partial charge in [-0.2, -0.15) is 0 Å². The maximum Gasteiger partial charge on any atom is 0.233 e. The van der Waals surface area contributed by atoms with Crippen LogP contribution in [-0.4, -0.2) is 49.2 Å². The number of carbonyl (C=O) groups excluding carboxylic acids is 1. The highest BCUT2D eigenvalue weighted by Crippen LogP contribution is 2.14. The molecule has 1 rings (SSSR count). The summed E-state index contributed by atoms with van der Waals surface area (Å²) in [4.78, 5) is 13.0. The van der Waals surface area contributed by atoms with Crippen LogP contribution in [0.4, 0.5) is 0 Å². The lowest BCUT2D eigenvalue weighted by Gasteiger charge is -2.13. The average Bonchev–Trinajstić information content (AvgIpc) is 2.52. The van der Waals surface area contributed by atoms with E-state index in [1.807, 2.05) is 0 Å². The topological polar surface area (TPSA) is 52.6 Å². The first-order valence-corrected chi connectivity index (χ1v) is 4.30. The lowest BCUT2D eigenvalue weighted by Crippen LogP contribution is -2.34. The lowest BCUT2D eigenvalue weighted by atomic mass is 10.1. The number of aliphatic hydroxyl groups excluding tert-OH is 1. The number of nitrogens with one attached hydrogen (secondary N) is 1. The van der Waals surface area contributed by atoms with E-state index in [9.17, 15) is 4.79 Å². The molecular weight excluding hydrogens is 156 g/mol. The van der Waals surface area contributed by atoms with Crippen LogP contribution in [0.15, 0.2) is 0 Å². The predicted octanol–water partition coefficient (Wildman–Crippen LogP) is -0.953. The molecule has 1 amide bonds. The van der Waals surface area contributed by atoms with Gasteiger partial charge in [0, 0.05) is 20.2 Å². The standard InChI is InChI=1S/C8H16N2O2/c1-9-8(12)5-10-3-2-7(4-10)6-11/h7,11H,2-6H2,1H3,(H,9,12). The molecular formula is C8H16N2O2. The first kappa shape index (κ1) is 9.48. The van der Waals surface area contributed by atoms with Gasteiger partial charge in [0.05, 0.1) is 6.54 Å². The molecule has 2 N–H and O–H groups in total. The van der Waals surface area contributed by atoms with Gasteiger partial charge in [0.15, 0.2) is 0 Å². The van der Waals surface area contributed by atoms with Crippen LogP contribution in [0.3, 0.4) is 0 Å². The van der Waals surface area contributed by atoms with Crippen molar-refractivity contribution in [3.63, 3.8) is 0 Å². The first-order chi connectivity index (χ1) is 5.76. The maximum absolute atomic E-state index is 10.9. The van der Waals surface area contributed by atoms with Gasteiger partial charge in [0.25, 0.3) is 0 Å². The number of carbonyl (C=O) groups is 1. The molecule has 0 saturated carbocycles.